The molecular weight excluding hydrogens is 246 g/mol. The van der Waals surface area contributed by atoms with E-state index in [9.17, 15) is 0 Å². The molecule has 0 fully saturated rings. The van der Waals surface area contributed by atoms with Crippen LogP contribution in [0.2, 0.25) is 5.02 Å². The van der Waals surface area contributed by atoms with Crippen LogP contribution in [-0.4, -0.2) is 16.1 Å². The molecule has 4 heteroatoms. The van der Waals surface area contributed by atoms with Crippen LogP contribution in [0.1, 0.15) is 31.1 Å². The molecule has 2 aromatic rings. The monoisotopic (exact) mass is 263 g/mol. The molecule has 0 spiro atoms. The number of aromatic nitrogens is 2. The van der Waals surface area contributed by atoms with Gasteiger partial charge in [-0.1, -0.05) is 23.7 Å². The highest BCUT2D eigenvalue weighted by atomic mass is 35.5. The third kappa shape index (κ3) is 2.67. The molecule has 2 rings (SSSR count). The zero-order chi connectivity index (χ0) is 13.1. The van der Waals surface area contributed by atoms with Crippen molar-refractivity contribution in [1.29, 1.82) is 0 Å². The van der Waals surface area contributed by atoms with Crippen LogP contribution in [0.4, 0.5) is 5.95 Å². The lowest BCUT2D eigenvalue weighted by atomic mass is 10.1. The van der Waals surface area contributed by atoms with E-state index in [0.717, 1.165) is 23.2 Å². The highest BCUT2D eigenvalue weighted by molar-refractivity contribution is 6.30. The van der Waals surface area contributed by atoms with Crippen molar-refractivity contribution in [2.45, 2.75) is 26.8 Å². The van der Waals surface area contributed by atoms with Gasteiger partial charge >= 0.3 is 0 Å². The molecule has 1 unspecified atom stereocenters. The van der Waals surface area contributed by atoms with E-state index in [2.05, 4.69) is 41.0 Å². The quantitative estimate of drug-likeness (QED) is 0.907. The Morgan fingerprint density at radius 1 is 1.44 bits per heavy atom. The summed E-state index contributed by atoms with van der Waals surface area (Å²) < 4.78 is 2.14. The second-order valence-corrected chi connectivity index (χ2v) is 4.81. The molecule has 96 valence electrons. The van der Waals surface area contributed by atoms with E-state index in [0.29, 0.717) is 0 Å². The first-order chi connectivity index (χ1) is 8.61. The summed E-state index contributed by atoms with van der Waals surface area (Å²) in [5, 5.41) is 4.05. The Hall–Kier alpha value is -1.48. The molecular formula is C14H18ClN3. The molecule has 0 saturated heterocycles. The SMILES string of the molecule is CCNc1nc(C)cn1C(C)c1cccc(Cl)c1. The summed E-state index contributed by atoms with van der Waals surface area (Å²) in [5.41, 5.74) is 2.19. The van der Waals surface area contributed by atoms with Crippen LogP contribution >= 0.6 is 11.6 Å². The lowest BCUT2D eigenvalue weighted by Crippen LogP contribution is -2.11. The molecule has 18 heavy (non-hydrogen) atoms. The van der Waals surface area contributed by atoms with E-state index in [1.54, 1.807) is 0 Å². The van der Waals surface area contributed by atoms with Crippen molar-refractivity contribution in [3.05, 3.63) is 46.7 Å². The van der Waals surface area contributed by atoms with E-state index < -0.39 is 0 Å². The summed E-state index contributed by atoms with van der Waals surface area (Å²) in [6, 6.07) is 8.16. The molecule has 0 bridgehead atoms. The second kappa shape index (κ2) is 5.44. The van der Waals surface area contributed by atoms with Gasteiger partial charge in [0.25, 0.3) is 0 Å². The molecule has 0 amide bonds. The molecule has 0 aliphatic carbocycles. The highest BCUT2D eigenvalue weighted by Crippen LogP contribution is 2.24. The topological polar surface area (TPSA) is 29.9 Å². The maximum absolute atomic E-state index is 6.04. The maximum Gasteiger partial charge on any atom is 0.203 e. The Balaban J connectivity index is 2.36. The van der Waals surface area contributed by atoms with Crippen LogP contribution in [0.25, 0.3) is 0 Å². The fourth-order valence-electron chi connectivity index (χ4n) is 2.03. The molecule has 3 nitrogen and oxygen atoms in total. The van der Waals surface area contributed by atoms with Gasteiger partial charge in [0.2, 0.25) is 5.95 Å². The number of anilines is 1. The third-order valence-corrected chi connectivity index (χ3v) is 3.17. The van der Waals surface area contributed by atoms with Gasteiger partial charge < -0.3 is 9.88 Å². The summed E-state index contributed by atoms with van der Waals surface area (Å²) in [6.07, 6.45) is 2.06. The van der Waals surface area contributed by atoms with E-state index in [-0.39, 0.29) is 6.04 Å². The van der Waals surface area contributed by atoms with Gasteiger partial charge in [-0.25, -0.2) is 4.98 Å². The lowest BCUT2D eigenvalue weighted by molar-refractivity contribution is 0.643. The molecule has 0 radical (unpaired) electrons. The molecule has 0 aliphatic rings. The molecule has 0 aliphatic heterocycles. The maximum atomic E-state index is 6.04. The number of aryl methyl sites for hydroxylation is 1. The Kier molecular flexibility index (Phi) is 3.92. The number of halogens is 1. The standard InChI is InChI=1S/C14H18ClN3/c1-4-16-14-17-10(2)9-18(14)11(3)12-6-5-7-13(15)8-12/h5-9,11H,4H2,1-3H3,(H,16,17). The van der Waals surface area contributed by atoms with E-state index in [1.807, 2.05) is 25.1 Å². The Bertz CT molecular complexity index is 534. The Labute approximate surface area is 113 Å². The number of imidazole rings is 1. The van der Waals surface area contributed by atoms with Gasteiger partial charge in [0, 0.05) is 17.8 Å². The van der Waals surface area contributed by atoms with Gasteiger partial charge in [0.05, 0.1) is 11.7 Å². The third-order valence-electron chi connectivity index (χ3n) is 2.94. The minimum atomic E-state index is 0.207. The number of nitrogens with one attached hydrogen (secondary N) is 1. The number of hydrogen-bond donors (Lipinski definition) is 1. The molecule has 1 heterocycles. The average Bonchev–Trinajstić information content (AvgIpc) is 2.70. The summed E-state index contributed by atoms with van der Waals surface area (Å²) >= 11 is 6.04. The molecule has 1 atom stereocenters. The average molecular weight is 264 g/mol. The van der Waals surface area contributed by atoms with Gasteiger partial charge in [0.15, 0.2) is 0 Å². The number of rotatable bonds is 4. The van der Waals surface area contributed by atoms with Crippen molar-refractivity contribution >= 4 is 17.5 Å². The summed E-state index contributed by atoms with van der Waals surface area (Å²) in [6.45, 7) is 7.08. The van der Waals surface area contributed by atoms with Gasteiger partial charge in [-0.3, -0.25) is 0 Å². The molecule has 1 aromatic carbocycles. The van der Waals surface area contributed by atoms with Gasteiger partial charge in [-0.2, -0.15) is 0 Å². The fraction of sp³-hybridized carbons (Fsp3) is 0.357. The zero-order valence-electron chi connectivity index (χ0n) is 10.9. The summed E-state index contributed by atoms with van der Waals surface area (Å²) in [4.78, 5) is 4.49. The lowest BCUT2D eigenvalue weighted by Gasteiger charge is -2.17. The predicted molar refractivity (Wildman–Crippen MR) is 76.4 cm³/mol. The first kappa shape index (κ1) is 13.0. The predicted octanol–water partition coefficient (Wildman–Crippen LogP) is 3.89. The van der Waals surface area contributed by atoms with Gasteiger partial charge in [-0.15, -0.1) is 0 Å². The van der Waals surface area contributed by atoms with E-state index in [1.165, 1.54) is 5.56 Å². The molecule has 1 aromatic heterocycles. The summed E-state index contributed by atoms with van der Waals surface area (Å²) in [5.74, 6) is 0.905. The van der Waals surface area contributed by atoms with E-state index in [4.69, 9.17) is 11.6 Å². The fourth-order valence-corrected chi connectivity index (χ4v) is 2.23. The first-order valence-electron chi connectivity index (χ1n) is 6.16. The number of nitrogens with zero attached hydrogens (tertiary/aromatic N) is 2. The van der Waals surface area contributed by atoms with Crippen molar-refractivity contribution < 1.29 is 0 Å². The minimum Gasteiger partial charge on any atom is -0.356 e. The smallest absolute Gasteiger partial charge is 0.203 e. The van der Waals surface area contributed by atoms with Crippen molar-refractivity contribution in [1.82, 2.24) is 9.55 Å². The van der Waals surface area contributed by atoms with E-state index >= 15 is 0 Å². The van der Waals surface area contributed by atoms with Crippen LogP contribution in [0.3, 0.4) is 0 Å². The van der Waals surface area contributed by atoms with Crippen molar-refractivity contribution in [2.24, 2.45) is 0 Å². The molecule has 1 N–H and O–H groups in total. The van der Waals surface area contributed by atoms with Gasteiger partial charge in [0.1, 0.15) is 0 Å². The van der Waals surface area contributed by atoms with Crippen LogP contribution in [-0.2, 0) is 0 Å². The van der Waals surface area contributed by atoms with Crippen molar-refractivity contribution in [3.63, 3.8) is 0 Å². The minimum absolute atomic E-state index is 0.207. The van der Waals surface area contributed by atoms with Crippen LogP contribution in [0, 0.1) is 6.92 Å². The number of hydrogen-bond acceptors (Lipinski definition) is 2. The number of benzene rings is 1. The normalized spacial score (nSPS) is 12.4. The van der Waals surface area contributed by atoms with Crippen LogP contribution < -0.4 is 5.32 Å². The van der Waals surface area contributed by atoms with Crippen LogP contribution in [0.5, 0.6) is 0 Å². The Morgan fingerprint density at radius 3 is 2.89 bits per heavy atom. The second-order valence-electron chi connectivity index (χ2n) is 4.37. The highest BCUT2D eigenvalue weighted by Gasteiger charge is 2.13. The largest absolute Gasteiger partial charge is 0.356 e. The zero-order valence-corrected chi connectivity index (χ0v) is 11.7. The Morgan fingerprint density at radius 2 is 2.22 bits per heavy atom. The van der Waals surface area contributed by atoms with Crippen molar-refractivity contribution in [3.8, 4) is 0 Å². The first-order valence-corrected chi connectivity index (χ1v) is 6.54. The molecule has 0 saturated carbocycles. The van der Waals surface area contributed by atoms with Gasteiger partial charge in [-0.05, 0) is 38.5 Å². The van der Waals surface area contributed by atoms with Crippen LogP contribution in [0.15, 0.2) is 30.5 Å². The summed E-state index contributed by atoms with van der Waals surface area (Å²) in [7, 11) is 0. The van der Waals surface area contributed by atoms with Crippen molar-refractivity contribution in [2.75, 3.05) is 11.9 Å².